The first-order chi connectivity index (χ1) is 41.0. The van der Waals surface area contributed by atoms with Crippen molar-refractivity contribution in [3.05, 3.63) is 190 Å². The molecule has 10 rings (SSSR count). The molecule has 0 aliphatic rings. The van der Waals surface area contributed by atoms with Gasteiger partial charge in [0.1, 0.15) is 34.8 Å². The summed E-state index contributed by atoms with van der Waals surface area (Å²) in [7, 11) is -6.81. The van der Waals surface area contributed by atoms with Gasteiger partial charge in [-0.15, -0.1) is 0 Å². The van der Waals surface area contributed by atoms with E-state index in [1.165, 1.54) is 0 Å². The van der Waals surface area contributed by atoms with E-state index in [2.05, 4.69) is 26.0 Å². The highest BCUT2D eigenvalue weighted by atomic mass is 35.5. The fourth-order valence-corrected chi connectivity index (χ4v) is 11.6. The van der Waals surface area contributed by atoms with Gasteiger partial charge in [-0.1, -0.05) is 162 Å². The van der Waals surface area contributed by atoms with Gasteiger partial charge in [0.2, 0.25) is 0 Å². The van der Waals surface area contributed by atoms with Crippen molar-refractivity contribution < 1.29 is 26.7 Å². The largest absolute Gasteiger partial charge is 0.678 e. The van der Waals surface area contributed by atoms with Crippen molar-refractivity contribution in [3.63, 3.8) is 0 Å². The van der Waals surface area contributed by atoms with Crippen LogP contribution in [0.3, 0.4) is 0 Å². The van der Waals surface area contributed by atoms with E-state index in [0.29, 0.717) is 76.6 Å². The van der Waals surface area contributed by atoms with Crippen LogP contribution in [0.2, 0.25) is 10.0 Å². The molecule has 4 aromatic heterocycles. The molecule has 422 valence electrons. The number of pyridine rings is 2. The smallest absolute Gasteiger partial charge is 0.494 e. The molecule has 0 spiro atoms. The van der Waals surface area contributed by atoms with E-state index in [0.717, 1.165) is 88.2 Å². The molecule has 0 saturated heterocycles. The minimum absolute atomic E-state index is 0.0138. The van der Waals surface area contributed by atoms with Crippen LogP contribution in [0.5, 0.6) is 11.5 Å². The summed E-state index contributed by atoms with van der Waals surface area (Å²) in [4.78, 5) is 9.95. The van der Waals surface area contributed by atoms with Crippen LogP contribution in [0, 0.1) is 22.7 Å². The quantitative estimate of drug-likeness (QED) is 0.0339. The maximum absolute atomic E-state index is 17.1. The summed E-state index contributed by atoms with van der Waals surface area (Å²) in [6, 6.07) is 49.5. The van der Waals surface area contributed by atoms with Gasteiger partial charge < -0.3 is 18.4 Å². The summed E-state index contributed by atoms with van der Waals surface area (Å²) in [5.41, 5.74) is 2.57. The topological polar surface area (TPSA) is 102 Å². The summed E-state index contributed by atoms with van der Waals surface area (Å²) in [6.45, 7) is 5.18. The van der Waals surface area contributed by atoms with Gasteiger partial charge in [-0.05, 0) is 143 Å². The minimum atomic E-state index is -3.40. The van der Waals surface area contributed by atoms with Crippen molar-refractivity contribution in [2.45, 2.75) is 90.9 Å². The zero-order chi connectivity index (χ0) is 58.7. The summed E-state index contributed by atoms with van der Waals surface area (Å²) < 4.78 is 82.3. The van der Waals surface area contributed by atoms with Crippen LogP contribution in [0.15, 0.2) is 158 Å². The molecular weight excluding hydrogens is 1100 g/mol. The Morgan fingerprint density at radius 1 is 0.464 bits per heavy atom. The molecule has 0 unspecified atom stereocenters. The van der Waals surface area contributed by atoms with Crippen molar-refractivity contribution in [2.75, 3.05) is 13.2 Å². The summed E-state index contributed by atoms with van der Waals surface area (Å²) >= 11 is 13.2. The van der Waals surface area contributed by atoms with E-state index >= 15 is 17.3 Å². The Morgan fingerprint density at radius 3 is 1.19 bits per heavy atom. The van der Waals surface area contributed by atoms with Gasteiger partial charge >= 0.3 is 14.8 Å². The fourth-order valence-electron chi connectivity index (χ4n) is 11.2. The number of hydrogen-bond acceptors (Lipinski definition) is 6. The molecule has 0 radical (unpaired) electrons. The Bertz CT molecular complexity index is 3920. The number of ether oxygens (including phenoxy) is 2. The first-order valence-electron chi connectivity index (χ1n) is 28.7. The summed E-state index contributed by atoms with van der Waals surface area (Å²) in [6.07, 6.45) is 12.6. The second-order valence-corrected chi connectivity index (χ2v) is 21.7. The summed E-state index contributed by atoms with van der Waals surface area (Å²) in [5.74, 6) is 0.945. The van der Waals surface area contributed by atoms with Crippen LogP contribution >= 0.6 is 23.2 Å². The Morgan fingerprint density at radius 2 is 0.833 bits per heavy atom. The molecule has 0 saturated carbocycles. The van der Waals surface area contributed by atoms with E-state index in [1.54, 1.807) is 97.1 Å². The molecule has 0 atom stereocenters. The van der Waals surface area contributed by atoms with E-state index in [-0.39, 0.29) is 55.8 Å². The number of aromatic nitrogens is 4. The van der Waals surface area contributed by atoms with Gasteiger partial charge in [0, 0.05) is 31.6 Å². The van der Waals surface area contributed by atoms with Crippen LogP contribution in [-0.2, 0) is 0 Å². The van der Waals surface area contributed by atoms with Crippen LogP contribution in [-0.4, -0.2) is 46.9 Å². The van der Waals surface area contributed by atoms with Crippen molar-refractivity contribution >= 4 is 81.7 Å². The molecule has 0 fully saturated rings. The van der Waals surface area contributed by atoms with Gasteiger partial charge in [0.25, 0.3) is 0 Å². The molecule has 10 aromatic rings. The van der Waals surface area contributed by atoms with Crippen molar-refractivity contribution in [3.8, 4) is 68.4 Å². The third-order valence-corrected chi connectivity index (χ3v) is 15.7. The Hall–Kier alpha value is -8.29. The molecule has 0 N–H and O–H groups in total. The molecule has 8 nitrogen and oxygen atoms in total. The Kier molecular flexibility index (Phi) is 19.2. The van der Waals surface area contributed by atoms with Gasteiger partial charge in [0.15, 0.2) is 0 Å². The lowest BCUT2D eigenvalue weighted by Crippen LogP contribution is -2.33. The monoisotopic (exact) mass is 1160 g/mol. The standard InChI is InChI=1S/C68H60B2Cl2F4N6O2/c1-3-5-7-9-11-19-37-83-51-31-25-47(26-32-51)65-63-64(68(81(65)69(73)74)58(44-78)62-42-54(46-23-17-14-18-24-46)56-40-50(72)30-36-60(56)80-62)66(48-27-33-52(34-28-48)84-38-20-12-10-8-6-4-2)82(70(75)76)67(63)57(43-77)61-41-53(45-21-15-13-16-22-45)55-39-49(71)29-35-59(55)79-61/h13-18,21-36,39-42H,3-12,19-20,37-38H2,1-2H3/b67-57-,68-58+. The number of nitrogens with zero attached hydrogens (tertiary/aromatic N) is 6. The normalized spacial score (nSPS) is 12.1. The number of benzene rings is 6. The maximum Gasteiger partial charge on any atom is 0.678 e. The number of fused-ring (bicyclic) bond motifs is 3. The fraction of sp³-hybridized carbons (Fsp3) is 0.235. The number of rotatable bonds is 24. The zero-order valence-electron chi connectivity index (χ0n) is 46.8. The van der Waals surface area contributed by atoms with Crippen LogP contribution < -0.4 is 20.2 Å². The molecule has 84 heavy (non-hydrogen) atoms. The molecular formula is C68H60B2Cl2F4N6O2. The number of hydrogen-bond donors (Lipinski definition) is 0. The number of nitriles is 2. The highest BCUT2D eigenvalue weighted by molar-refractivity contribution is 6.45. The van der Waals surface area contributed by atoms with E-state index in [1.807, 2.05) is 60.7 Å². The second kappa shape index (κ2) is 27.4. The first kappa shape index (κ1) is 58.9. The highest BCUT2D eigenvalue weighted by Crippen LogP contribution is 2.40. The zero-order valence-corrected chi connectivity index (χ0v) is 48.3. The summed E-state index contributed by atoms with van der Waals surface area (Å²) in [5, 5.41) is 24.4. The molecule has 0 amide bonds. The second-order valence-electron chi connectivity index (χ2n) is 20.9. The molecule has 0 aliphatic carbocycles. The third kappa shape index (κ3) is 12.6. The van der Waals surface area contributed by atoms with Gasteiger partial charge in [-0.3, -0.25) is 17.3 Å². The van der Waals surface area contributed by atoms with Crippen molar-refractivity contribution in [2.24, 2.45) is 0 Å². The SMILES string of the molecule is CCCCCCCCOc1ccc(-c2c3/c(=C(\C#N)c4cc(-c5ccccc5)c5cc(Cl)ccc5n4)n(B(F)F)c(-c4ccc(OCCCCCCCC)cc4)c3/c(=C(/C#N)c3cc(-c4ccccc4)c4cc(Cl)ccc4n3)n2B(F)F)cc1. The minimum Gasteiger partial charge on any atom is -0.494 e. The van der Waals surface area contributed by atoms with Gasteiger partial charge in [-0.25, -0.2) is 9.97 Å². The third-order valence-electron chi connectivity index (χ3n) is 15.3. The predicted molar refractivity (Wildman–Crippen MR) is 335 cm³/mol. The molecule has 16 heteroatoms. The lowest BCUT2D eigenvalue weighted by Gasteiger charge is -2.15. The maximum atomic E-state index is 17.1. The van der Waals surface area contributed by atoms with Crippen LogP contribution in [0.1, 0.15) is 102 Å². The lowest BCUT2D eigenvalue weighted by molar-refractivity contribution is 0.304. The number of unbranched alkanes of at least 4 members (excludes halogenated alkanes) is 10. The molecule has 0 bridgehead atoms. The van der Waals surface area contributed by atoms with E-state index in [9.17, 15) is 10.5 Å². The van der Waals surface area contributed by atoms with Gasteiger partial charge in [-0.2, -0.15) is 10.5 Å². The highest BCUT2D eigenvalue weighted by Gasteiger charge is 2.37. The molecule has 6 aromatic carbocycles. The predicted octanol–water partition coefficient (Wildman–Crippen LogP) is 18.0. The average molecular weight is 1160 g/mol. The van der Waals surface area contributed by atoms with Gasteiger partial charge in [0.05, 0.1) is 57.7 Å². The molecule has 0 aliphatic heterocycles. The Labute approximate surface area is 497 Å². The van der Waals surface area contributed by atoms with Crippen LogP contribution in [0.25, 0.3) is 88.5 Å². The van der Waals surface area contributed by atoms with E-state index < -0.39 is 25.5 Å². The van der Waals surface area contributed by atoms with Crippen molar-refractivity contribution in [1.29, 1.82) is 10.5 Å². The van der Waals surface area contributed by atoms with Crippen molar-refractivity contribution in [1.82, 2.24) is 18.9 Å². The first-order valence-corrected chi connectivity index (χ1v) is 29.5. The molecule has 4 heterocycles. The Balaban J connectivity index is 1.34. The lowest BCUT2D eigenvalue weighted by atomic mass is 9.97. The average Bonchev–Trinajstić information content (AvgIpc) is 4.12. The van der Waals surface area contributed by atoms with E-state index in [4.69, 9.17) is 42.6 Å². The number of halogens is 6. The van der Waals surface area contributed by atoms with Crippen LogP contribution in [0.4, 0.5) is 17.3 Å².